The zero-order valence-electron chi connectivity index (χ0n) is 73.6. The molecule has 6 aromatic rings. The highest BCUT2D eigenvalue weighted by Gasteiger charge is 2.54. The minimum absolute atomic E-state index is 0.0606. The minimum atomic E-state index is -2.39. The number of nitrogens with one attached hydrogen (secondary N) is 9. The first kappa shape index (κ1) is 98.9. The Balaban J connectivity index is 1.01. The first-order valence-corrected chi connectivity index (χ1v) is 43.9. The number of carbonyl (C=O) groups excluding carboxylic acids is 8. The van der Waals surface area contributed by atoms with Crippen LogP contribution in [0.15, 0.2) is 109 Å². The Morgan fingerprint density at radius 1 is 0.656 bits per heavy atom. The number of likely N-dealkylation sites (N-methyl/N-ethyl adjacent to an activating group) is 1. The number of phenols is 3. The van der Waals surface area contributed by atoms with Gasteiger partial charge in [0.2, 0.25) is 59.3 Å². The quantitative estimate of drug-likeness (QED) is 0.0311. The van der Waals surface area contributed by atoms with Crippen molar-refractivity contribution in [1.29, 1.82) is 0 Å². The van der Waals surface area contributed by atoms with Crippen LogP contribution in [0.25, 0.3) is 11.1 Å². The molecule has 8 heterocycles. The number of aliphatic carboxylic acids is 1. The number of rotatable bonds is 28. The average Bonchev–Trinajstić information content (AvgIpc) is 0.763. The maximum atomic E-state index is 16.6. The second-order valence-electron chi connectivity index (χ2n) is 34.9. The molecule has 3 fully saturated rings. The summed E-state index contributed by atoms with van der Waals surface area (Å²) < 4.78 is 58.8. The van der Waals surface area contributed by atoms with Crippen LogP contribution in [0.4, 0.5) is 0 Å². The van der Waals surface area contributed by atoms with Crippen molar-refractivity contribution in [2.24, 2.45) is 17.4 Å². The van der Waals surface area contributed by atoms with Crippen LogP contribution in [-0.4, -0.2) is 234 Å². The fourth-order valence-electron chi connectivity index (χ4n) is 16.8. The van der Waals surface area contributed by atoms with Crippen LogP contribution < -0.4 is 78.3 Å². The number of primary amides is 1. The Morgan fingerprint density at radius 3 is 1.95 bits per heavy atom. The van der Waals surface area contributed by atoms with Crippen molar-refractivity contribution in [2.75, 3.05) is 20.3 Å². The third kappa shape index (κ3) is 23.3. The topological polar surface area (TPSA) is 599 Å². The molecular formula is C91H116ClN11O28. The van der Waals surface area contributed by atoms with Crippen LogP contribution >= 0.6 is 11.6 Å². The Labute approximate surface area is 759 Å². The van der Waals surface area contributed by atoms with Gasteiger partial charge in [-0.2, -0.15) is 0 Å². The number of halogens is 1. The van der Waals surface area contributed by atoms with Crippen molar-refractivity contribution in [3.8, 4) is 62.9 Å². The number of ether oxygens (including phenoxy) is 9. The molecule has 39 nitrogen and oxygen atoms in total. The fourth-order valence-corrected chi connectivity index (χ4v) is 17.1. The standard InChI is InChI=1S/C91H116ClN11O28/c1-10-11-12-13-14-15-28-123-51-22-16-45(17-23-51)39-96-42(4)81(114)103-91(8)38-66(125-44(6)80(91)113)130-78-75(111)74(110)63(40-104)128-89(78)131-77-61-32-49-33-62(77)127-60-27-21-48(31-55(60)92)73(109)71(101-82(115)56(95-9)29-41(2)3)86(119)97-57(36-64(93)108)83(116)98-69(49)85(118)99-68-47-20-26-58(106)53(30-47)67-54(34-50(105)35-59(67)107)70(88(121)122)100-87(120)72(102-84(68)117)76(46-18-24-52(126-61)25-19-46)129-65-37-90(7,94)79(112)43(5)124-65/h16-27,30-35,41-44,56-57,63,65-66,68-76,78-80,89,95-96,104-107,109-113H,10-15,28-29,36-40,94H2,1-9H3,(H2,93,108)(H,97,119)(H,98,116)(H,99,118)(H,100,120)(H,101,115)(H,102,117)(H,103,114)(H,121,122)/t42-,43-,44-,56+,57-,63+,65-,66-,68+,69+,70-,71+,72-,73+,74+,75-,76+,78+,79-,80-,89-,90-,91-/m0/s1. The van der Waals surface area contributed by atoms with Gasteiger partial charge in [0, 0.05) is 47.7 Å². The van der Waals surface area contributed by atoms with E-state index in [1.807, 2.05) is 38.1 Å². The lowest BCUT2D eigenvalue weighted by Gasteiger charge is -2.48. The SMILES string of the molecule is CCCCCCCCOc1ccc(CN[C@@H](C)C(=O)N[C@@]2(C)C[C@H](O[C@H]3[C@H](Oc4c5cc6cc4Oc4ccc(cc4Cl)[C@@H](O)[C@@H](NC(=O)[C@@H](CC(C)C)NC)C(=O)N[C@@H](CC(N)=O)C(=O)N[C@H]6C(=O)N[C@H]4C(=O)N[C@H](C(=O)N[C@H](C(=O)O)c6cc(O)cc(O)c6-c6cc4ccc6O)[C@H](O[C@H]4C[C@](C)(N)[C@@H](O)[C@H](C)O4)c4ccc(cc4)O5)O[C@H](CO)[C@@H](O)[C@@H]3O)O[C@@H](C)[C@@H]2O)cc1. The van der Waals surface area contributed by atoms with E-state index in [2.05, 4.69) is 54.8 Å². The molecule has 0 aromatic heterocycles. The van der Waals surface area contributed by atoms with Gasteiger partial charge in [-0.1, -0.05) is 101 Å². The third-order valence-corrected chi connectivity index (χ3v) is 24.4. The molecule has 710 valence electrons. The number of carboxylic acids is 1. The van der Waals surface area contributed by atoms with Crippen LogP contribution in [0.3, 0.4) is 0 Å². The molecule has 23 N–H and O–H groups in total. The Morgan fingerprint density at radius 2 is 1.30 bits per heavy atom. The van der Waals surface area contributed by atoms with Gasteiger partial charge in [-0.15, -0.1) is 0 Å². The Kier molecular flexibility index (Phi) is 32.2. The van der Waals surface area contributed by atoms with Gasteiger partial charge in [-0.3, -0.25) is 38.4 Å². The lowest BCUT2D eigenvalue weighted by molar-refractivity contribution is -0.334. The number of hydrogen-bond acceptors (Lipinski definition) is 30. The number of aromatic hydroxyl groups is 3. The first-order valence-electron chi connectivity index (χ1n) is 43.5. The molecule has 131 heavy (non-hydrogen) atoms. The van der Waals surface area contributed by atoms with Gasteiger partial charge in [0.25, 0.3) is 0 Å². The van der Waals surface area contributed by atoms with Crippen molar-refractivity contribution in [1.82, 2.24) is 47.9 Å². The van der Waals surface area contributed by atoms with E-state index in [1.54, 1.807) is 6.92 Å². The Hall–Kier alpha value is -11.1. The van der Waals surface area contributed by atoms with E-state index in [4.69, 9.17) is 65.7 Å². The molecule has 0 spiro atoms. The van der Waals surface area contributed by atoms with E-state index in [0.717, 1.165) is 79.8 Å². The van der Waals surface area contributed by atoms with E-state index in [-0.39, 0.29) is 64.9 Å². The molecule has 11 bridgehead atoms. The number of carboxylic acid groups (broad SMARTS) is 1. The Bertz CT molecular complexity index is 5130. The molecular weight excluding hydrogens is 1730 g/mol. The smallest absolute Gasteiger partial charge is 0.330 e. The molecule has 0 unspecified atom stereocenters. The third-order valence-electron chi connectivity index (χ3n) is 24.1. The summed E-state index contributed by atoms with van der Waals surface area (Å²) in [5.41, 5.74) is 7.65. The van der Waals surface area contributed by atoms with Gasteiger partial charge in [0.1, 0.15) is 101 Å². The summed E-state index contributed by atoms with van der Waals surface area (Å²) in [7, 11) is 1.48. The molecule has 3 saturated heterocycles. The van der Waals surface area contributed by atoms with Gasteiger partial charge in [0.15, 0.2) is 36.2 Å². The fraction of sp³-hybridized carbons (Fsp3) is 0.505. The molecule has 6 aromatic carbocycles. The molecule has 40 heteroatoms. The molecule has 8 aliphatic rings. The molecule has 0 radical (unpaired) electrons. The number of fused-ring (bicyclic) bond motifs is 15. The van der Waals surface area contributed by atoms with E-state index in [1.165, 1.54) is 84.0 Å². The maximum absolute atomic E-state index is 16.6. The summed E-state index contributed by atoms with van der Waals surface area (Å²) in [6.07, 6.45) is -17.0. The van der Waals surface area contributed by atoms with Crippen molar-refractivity contribution in [2.45, 2.75) is 265 Å². The van der Waals surface area contributed by atoms with Crippen LogP contribution in [0.2, 0.25) is 5.02 Å². The maximum Gasteiger partial charge on any atom is 0.330 e. The van der Waals surface area contributed by atoms with Crippen LogP contribution in [0, 0.1) is 5.92 Å². The van der Waals surface area contributed by atoms with Gasteiger partial charge in [-0.05, 0) is 155 Å². The number of carbonyl (C=O) groups is 9. The number of nitrogens with two attached hydrogens (primary N) is 2. The van der Waals surface area contributed by atoms with Crippen molar-refractivity contribution >= 4 is 64.8 Å². The zero-order valence-corrected chi connectivity index (χ0v) is 74.4. The molecule has 0 saturated carbocycles. The molecule has 8 amide bonds. The molecule has 8 aliphatic heterocycles. The van der Waals surface area contributed by atoms with Gasteiger partial charge < -0.3 is 153 Å². The highest BCUT2D eigenvalue weighted by molar-refractivity contribution is 6.32. The summed E-state index contributed by atoms with van der Waals surface area (Å²) in [6, 6.07) is 7.81. The van der Waals surface area contributed by atoms with Crippen LogP contribution in [0.5, 0.6) is 51.7 Å². The number of benzene rings is 6. The number of phenolic OH excluding ortho intramolecular Hbond substituents is 3. The number of amides is 8. The van der Waals surface area contributed by atoms with Crippen LogP contribution in [-0.2, 0) is 73.4 Å². The van der Waals surface area contributed by atoms with Gasteiger partial charge >= 0.3 is 5.97 Å². The van der Waals surface area contributed by atoms with Crippen molar-refractivity contribution in [3.63, 3.8) is 0 Å². The van der Waals surface area contributed by atoms with Crippen molar-refractivity contribution < 1.29 is 137 Å². The van der Waals surface area contributed by atoms with Gasteiger partial charge in [-0.25, -0.2) is 4.79 Å². The number of aliphatic hydroxyl groups is 6. The predicted octanol–water partition coefficient (Wildman–Crippen LogP) is 3.77. The number of hydrogen-bond donors (Lipinski definition) is 21. The largest absolute Gasteiger partial charge is 0.508 e. The lowest BCUT2D eigenvalue weighted by Crippen LogP contribution is -2.67. The monoisotopic (exact) mass is 1850 g/mol. The summed E-state index contributed by atoms with van der Waals surface area (Å²) in [5, 5.41) is 141. The van der Waals surface area contributed by atoms with E-state index < -0.39 is 262 Å². The van der Waals surface area contributed by atoms with Gasteiger partial charge in [0.05, 0.1) is 60.6 Å². The zero-order chi connectivity index (χ0) is 94.9. The van der Waals surface area contributed by atoms with E-state index in [9.17, 15) is 70.2 Å². The summed E-state index contributed by atoms with van der Waals surface area (Å²) in [5.74, 6) is -15.7. The second-order valence-corrected chi connectivity index (χ2v) is 35.3. The summed E-state index contributed by atoms with van der Waals surface area (Å²) >= 11 is 7.23. The molecule has 14 rings (SSSR count). The first-order chi connectivity index (χ1) is 62.2. The highest BCUT2D eigenvalue weighted by Crippen LogP contribution is 2.50. The molecule has 23 atom stereocenters. The van der Waals surface area contributed by atoms with Crippen LogP contribution in [0.1, 0.15) is 183 Å². The minimum Gasteiger partial charge on any atom is -0.508 e. The predicted molar refractivity (Wildman–Crippen MR) is 466 cm³/mol. The number of unbranched alkanes of at least 4 members (excludes halogenated alkanes) is 5. The average molecular weight is 1850 g/mol. The van der Waals surface area contributed by atoms with E-state index >= 15 is 24.0 Å². The lowest BCUT2D eigenvalue weighted by atomic mass is 9.84. The van der Waals surface area contributed by atoms with Crippen molar-refractivity contribution in [3.05, 3.63) is 148 Å². The molecule has 0 aliphatic carbocycles. The second kappa shape index (κ2) is 42.6. The highest BCUT2D eigenvalue weighted by atomic mass is 35.5. The summed E-state index contributed by atoms with van der Waals surface area (Å²) in [6.45, 7) is 13.2. The summed E-state index contributed by atoms with van der Waals surface area (Å²) in [4.78, 5) is 135. The normalized spacial score (nSPS) is 29.1. The van der Waals surface area contributed by atoms with E-state index in [0.29, 0.717) is 12.4 Å². The number of aliphatic hydroxyl groups excluding tert-OH is 6.